The molecule has 0 amide bonds. The van der Waals surface area contributed by atoms with Gasteiger partial charge in [0.25, 0.3) is 0 Å². The van der Waals surface area contributed by atoms with E-state index in [1.807, 2.05) is 18.2 Å². The summed E-state index contributed by atoms with van der Waals surface area (Å²) in [6.07, 6.45) is 9.55. The maximum atomic E-state index is 6.30. The lowest BCUT2D eigenvalue weighted by Crippen LogP contribution is -2.41. The van der Waals surface area contributed by atoms with Gasteiger partial charge in [0.2, 0.25) is 5.95 Å². The molecule has 2 N–H and O–H groups in total. The van der Waals surface area contributed by atoms with Crippen LogP contribution in [0.1, 0.15) is 56.9 Å². The molecule has 31 heavy (non-hydrogen) atoms. The fourth-order valence-corrected chi connectivity index (χ4v) is 5.29. The molecule has 1 aromatic heterocycles. The Morgan fingerprint density at radius 3 is 2.45 bits per heavy atom. The zero-order valence-corrected chi connectivity index (χ0v) is 20.0. The lowest BCUT2D eigenvalue weighted by molar-refractivity contribution is 0.435. The number of thiocarbonyl (C=S) groups is 1. The zero-order valence-electron chi connectivity index (χ0n) is 17.7. The maximum absolute atomic E-state index is 6.30. The van der Waals surface area contributed by atoms with Gasteiger partial charge >= 0.3 is 0 Å². The van der Waals surface area contributed by atoms with Crippen LogP contribution in [0.5, 0.6) is 0 Å². The fourth-order valence-electron chi connectivity index (χ4n) is 4.76. The van der Waals surface area contributed by atoms with Crippen molar-refractivity contribution in [3.63, 3.8) is 0 Å². The number of nitrogens with one attached hydrogen (secondary N) is 2. The molecule has 2 aromatic rings. The molecular formula is C23H29Cl2N5S. The van der Waals surface area contributed by atoms with E-state index in [9.17, 15) is 0 Å². The first kappa shape index (κ1) is 22.6. The van der Waals surface area contributed by atoms with Gasteiger partial charge in [0.1, 0.15) is 11.0 Å². The van der Waals surface area contributed by atoms with Gasteiger partial charge in [-0.3, -0.25) is 0 Å². The Kier molecular flexibility index (Phi) is 7.51. The lowest BCUT2D eigenvalue weighted by atomic mass is 9.79. The average Bonchev–Trinajstić information content (AvgIpc) is 3.07. The first-order chi connectivity index (χ1) is 15.0. The Morgan fingerprint density at radius 1 is 1.00 bits per heavy atom. The molecule has 166 valence electrons. The van der Waals surface area contributed by atoms with Gasteiger partial charge < -0.3 is 15.5 Å². The van der Waals surface area contributed by atoms with Gasteiger partial charge in [-0.1, -0.05) is 61.0 Å². The topological polar surface area (TPSA) is 53.1 Å². The number of nitrogens with zero attached hydrogens (tertiary/aromatic N) is 3. The van der Waals surface area contributed by atoms with Crippen molar-refractivity contribution < 1.29 is 0 Å². The van der Waals surface area contributed by atoms with E-state index < -0.39 is 0 Å². The van der Waals surface area contributed by atoms with Crippen molar-refractivity contribution in [2.75, 3.05) is 29.9 Å². The van der Waals surface area contributed by atoms with Crippen LogP contribution in [-0.4, -0.2) is 34.7 Å². The molecule has 1 saturated carbocycles. The highest BCUT2D eigenvalue weighted by Gasteiger charge is 2.35. The molecule has 0 bridgehead atoms. The maximum Gasteiger partial charge on any atom is 0.232 e. The van der Waals surface area contributed by atoms with Crippen LogP contribution < -0.4 is 15.5 Å². The van der Waals surface area contributed by atoms with Crippen LogP contribution >= 0.6 is 35.4 Å². The first-order valence-corrected chi connectivity index (χ1v) is 12.3. The summed E-state index contributed by atoms with van der Waals surface area (Å²) in [5.74, 6) is 1.30. The van der Waals surface area contributed by atoms with Crippen LogP contribution in [0.4, 0.5) is 11.8 Å². The minimum atomic E-state index is 0.0447. The first-order valence-electron chi connectivity index (χ1n) is 11.1. The molecular weight excluding hydrogens is 449 g/mol. The van der Waals surface area contributed by atoms with Gasteiger partial charge in [-0.2, -0.15) is 4.98 Å². The molecule has 0 unspecified atom stereocenters. The van der Waals surface area contributed by atoms with Gasteiger partial charge in [0, 0.05) is 36.1 Å². The van der Waals surface area contributed by atoms with Gasteiger partial charge in [-0.15, -0.1) is 0 Å². The van der Waals surface area contributed by atoms with Crippen molar-refractivity contribution in [2.24, 2.45) is 0 Å². The van der Waals surface area contributed by atoms with Crippen LogP contribution in [-0.2, 0) is 5.41 Å². The quantitative estimate of drug-likeness (QED) is 0.409. The average molecular weight is 478 g/mol. The van der Waals surface area contributed by atoms with Crippen molar-refractivity contribution in [1.29, 1.82) is 0 Å². The van der Waals surface area contributed by atoms with Crippen LogP contribution in [0.2, 0.25) is 10.2 Å². The molecule has 5 nitrogen and oxygen atoms in total. The largest absolute Gasteiger partial charge is 0.361 e. The third-order valence-corrected chi connectivity index (χ3v) is 7.10. The molecule has 0 spiro atoms. The third-order valence-electron chi connectivity index (χ3n) is 6.42. The second-order valence-corrected chi connectivity index (χ2v) is 9.81. The Labute approximate surface area is 199 Å². The van der Waals surface area contributed by atoms with Crippen molar-refractivity contribution in [2.45, 2.75) is 56.8 Å². The molecule has 4 rings (SSSR count). The highest BCUT2D eigenvalue weighted by atomic mass is 35.5. The smallest absolute Gasteiger partial charge is 0.232 e. The van der Waals surface area contributed by atoms with E-state index >= 15 is 0 Å². The SMILES string of the molecule is S=C(NCC1(c2cccc(Cl)c2)CCCC1)Nc1nc(Cl)cc(N2CCCCCC2)n1. The summed E-state index contributed by atoms with van der Waals surface area (Å²) in [7, 11) is 0. The van der Waals surface area contributed by atoms with Gasteiger partial charge in [-0.25, -0.2) is 4.98 Å². The fraction of sp³-hybridized carbons (Fsp3) is 0.522. The Hall–Kier alpha value is -1.63. The summed E-state index contributed by atoms with van der Waals surface area (Å²) in [4.78, 5) is 11.3. The van der Waals surface area contributed by atoms with Crippen LogP contribution in [0.25, 0.3) is 0 Å². The van der Waals surface area contributed by atoms with Crippen molar-refractivity contribution in [1.82, 2.24) is 15.3 Å². The summed E-state index contributed by atoms with van der Waals surface area (Å²) in [5.41, 5.74) is 1.32. The lowest BCUT2D eigenvalue weighted by Gasteiger charge is -2.30. The highest BCUT2D eigenvalue weighted by molar-refractivity contribution is 7.80. The van der Waals surface area contributed by atoms with E-state index in [2.05, 4.69) is 37.6 Å². The predicted molar refractivity (Wildman–Crippen MR) is 134 cm³/mol. The van der Waals surface area contributed by atoms with E-state index in [0.717, 1.165) is 43.3 Å². The number of halogens is 2. The number of aromatic nitrogens is 2. The normalized spacial score (nSPS) is 18.5. The number of hydrogen-bond donors (Lipinski definition) is 2. The van der Waals surface area contributed by atoms with Crippen molar-refractivity contribution in [3.05, 3.63) is 46.1 Å². The van der Waals surface area contributed by atoms with Gasteiger partial charge in [-0.05, 0) is 55.6 Å². The van der Waals surface area contributed by atoms with Crippen molar-refractivity contribution in [3.8, 4) is 0 Å². The second kappa shape index (κ2) is 10.3. The third kappa shape index (κ3) is 5.79. The molecule has 1 aliphatic carbocycles. The summed E-state index contributed by atoms with van der Waals surface area (Å²) >= 11 is 18.1. The van der Waals surface area contributed by atoms with Gasteiger partial charge in [0.15, 0.2) is 5.11 Å². The second-order valence-electron chi connectivity index (χ2n) is 8.58. The molecule has 2 fully saturated rings. The van der Waals surface area contributed by atoms with Gasteiger partial charge in [0.05, 0.1) is 0 Å². The number of anilines is 2. The molecule has 0 atom stereocenters. The number of benzene rings is 1. The minimum absolute atomic E-state index is 0.0447. The summed E-state index contributed by atoms with van der Waals surface area (Å²) in [6.45, 7) is 2.74. The monoisotopic (exact) mass is 477 g/mol. The number of hydrogen-bond acceptors (Lipinski definition) is 4. The van der Waals surface area contributed by atoms with Crippen LogP contribution in [0.3, 0.4) is 0 Å². The van der Waals surface area contributed by atoms with E-state index in [-0.39, 0.29) is 5.41 Å². The summed E-state index contributed by atoms with van der Waals surface area (Å²) < 4.78 is 0. The molecule has 1 aliphatic heterocycles. The zero-order chi connectivity index (χ0) is 21.7. The standard InChI is InChI=1S/C23H29Cl2N5S/c24-18-9-7-8-17(14-18)23(10-3-4-11-23)16-26-22(31)29-21-27-19(25)15-20(28-21)30-12-5-1-2-6-13-30/h7-9,14-15H,1-6,10-13,16H2,(H2,26,27,28,29,31). The Balaban J connectivity index is 1.42. The van der Waals surface area contributed by atoms with Crippen LogP contribution in [0.15, 0.2) is 30.3 Å². The molecule has 1 saturated heterocycles. The predicted octanol–water partition coefficient (Wildman–Crippen LogP) is 5.96. The van der Waals surface area contributed by atoms with E-state index in [1.165, 1.54) is 44.1 Å². The molecule has 2 aliphatic rings. The van der Waals surface area contributed by atoms with E-state index in [1.54, 1.807) is 0 Å². The number of rotatable bonds is 5. The summed E-state index contributed by atoms with van der Waals surface area (Å²) in [5, 5.41) is 8.25. The highest BCUT2D eigenvalue weighted by Crippen LogP contribution is 2.41. The Morgan fingerprint density at radius 2 is 1.74 bits per heavy atom. The Bertz CT molecular complexity index is 909. The summed E-state index contributed by atoms with van der Waals surface area (Å²) in [6, 6.07) is 10.0. The van der Waals surface area contributed by atoms with E-state index in [4.69, 9.17) is 35.4 Å². The molecule has 0 radical (unpaired) electrons. The van der Waals surface area contributed by atoms with E-state index in [0.29, 0.717) is 16.2 Å². The molecule has 8 heteroatoms. The minimum Gasteiger partial charge on any atom is -0.361 e. The van der Waals surface area contributed by atoms with Crippen molar-refractivity contribution >= 4 is 52.3 Å². The molecule has 2 heterocycles. The van der Waals surface area contributed by atoms with Crippen LogP contribution in [0, 0.1) is 0 Å². The molecule has 1 aromatic carbocycles.